The highest BCUT2D eigenvalue weighted by Gasteiger charge is 2.26. The second-order valence-electron chi connectivity index (χ2n) is 8.90. The number of benzene rings is 1. The van der Waals surface area contributed by atoms with Gasteiger partial charge >= 0.3 is 13.9 Å². The van der Waals surface area contributed by atoms with Crippen LogP contribution < -0.4 is 9.84 Å². The maximum atomic E-state index is 14.8. The molecular weight excluding hydrogens is 476 g/mol. The van der Waals surface area contributed by atoms with Crippen LogP contribution in [0.2, 0.25) is 0 Å². The monoisotopic (exact) mass is 513 g/mol. The summed E-state index contributed by atoms with van der Waals surface area (Å²) in [4.78, 5) is 42.3. The average Bonchev–Trinajstić information content (AvgIpc) is 2.77. The molecule has 2 unspecified atom stereocenters. The Morgan fingerprint density at radius 1 is 1.11 bits per heavy atom. The highest BCUT2D eigenvalue weighted by atomic mass is 31.2. The predicted molar refractivity (Wildman–Crippen MR) is 131 cm³/mol. The Kier molecular flexibility index (Phi) is 12.4. The van der Waals surface area contributed by atoms with Crippen molar-refractivity contribution >= 4 is 19.7 Å². The van der Waals surface area contributed by atoms with Crippen molar-refractivity contribution in [2.75, 3.05) is 6.54 Å². The number of Topliss-reactive ketones (excluding diaryl/α,β-unsaturated/α-hetero) is 1. The number of carbonyl (C=O) groups is 2. The summed E-state index contributed by atoms with van der Waals surface area (Å²) >= 11 is 0. The number of rotatable bonds is 13. The SMILES string of the molecule is Cc1ccc(OP(=O)(O)O)c(C(F)C(=O)CCCCCCCNC(=O)OC2CC/C=C/CCC2)c1. The fourth-order valence-electron chi connectivity index (χ4n) is 3.96. The molecule has 1 amide bonds. The lowest BCUT2D eigenvalue weighted by molar-refractivity contribution is -0.124. The number of ketones is 1. The molecule has 2 atom stereocenters. The lowest BCUT2D eigenvalue weighted by Crippen LogP contribution is -2.30. The van der Waals surface area contributed by atoms with Crippen LogP contribution >= 0.6 is 7.82 Å². The third-order valence-electron chi connectivity index (χ3n) is 5.80. The van der Waals surface area contributed by atoms with E-state index in [2.05, 4.69) is 22.0 Å². The number of unbranched alkanes of at least 4 members (excludes halogenated alkanes) is 4. The van der Waals surface area contributed by atoms with E-state index in [4.69, 9.17) is 14.5 Å². The van der Waals surface area contributed by atoms with Gasteiger partial charge in [-0.3, -0.25) is 14.6 Å². The molecule has 2 rings (SSSR count). The summed E-state index contributed by atoms with van der Waals surface area (Å²) < 4.78 is 35.9. The Labute approximate surface area is 206 Å². The summed E-state index contributed by atoms with van der Waals surface area (Å²) in [6.45, 7) is 2.21. The Morgan fingerprint density at radius 3 is 2.60 bits per heavy atom. The zero-order chi connectivity index (χ0) is 25.7. The molecule has 0 fully saturated rings. The number of aryl methyl sites for hydroxylation is 1. The second-order valence-corrected chi connectivity index (χ2v) is 10.1. The van der Waals surface area contributed by atoms with Gasteiger partial charge in [-0.15, -0.1) is 0 Å². The lowest BCUT2D eigenvalue weighted by Gasteiger charge is -2.18. The second kappa shape index (κ2) is 15.0. The Hall–Kier alpha value is -2.22. The van der Waals surface area contributed by atoms with Gasteiger partial charge in [0.1, 0.15) is 11.9 Å². The first-order chi connectivity index (χ1) is 16.7. The number of allylic oxidation sites excluding steroid dienone is 2. The summed E-state index contributed by atoms with van der Waals surface area (Å²) in [5, 5.41) is 2.78. The van der Waals surface area contributed by atoms with Crippen molar-refractivity contribution in [3.8, 4) is 5.75 Å². The van der Waals surface area contributed by atoms with E-state index in [1.807, 2.05) is 0 Å². The maximum Gasteiger partial charge on any atom is 0.524 e. The number of nitrogens with one attached hydrogen (secondary N) is 1. The van der Waals surface area contributed by atoms with Gasteiger partial charge in [0.25, 0.3) is 0 Å². The fourth-order valence-corrected chi connectivity index (χ4v) is 4.38. The van der Waals surface area contributed by atoms with E-state index in [0.717, 1.165) is 57.8 Å². The number of hydrogen-bond acceptors (Lipinski definition) is 5. The Bertz CT molecular complexity index is 902. The predicted octanol–water partition coefficient (Wildman–Crippen LogP) is 6.00. The van der Waals surface area contributed by atoms with Gasteiger partial charge < -0.3 is 14.6 Å². The van der Waals surface area contributed by atoms with Crippen LogP contribution in [0.4, 0.5) is 9.18 Å². The van der Waals surface area contributed by atoms with Crippen LogP contribution in [0, 0.1) is 6.92 Å². The number of halogens is 1. The molecule has 1 aliphatic rings. The van der Waals surface area contributed by atoms with Crippen LogP contribution in [0.5, 0.6) is 5.75 Å². The van der Waals surface area contributed by atoms with Crippen molar-refractivity contribution in [3.63, 3.8) is 0 Å². The number of ether oxygens (including phenoxy) is 1. The van der Waals surface area contributed by atoms with Gasteiger partial charge in [0.2, 0.25) is 0 Å². The molecule has 1 aromatic rings. The molecule has 0 spiro atoms. The van der Waals surface area contributed by atoms with Crippen LogP contribution in [0.15, 0.2) is 30.4 Å². The normalized spacial score (nSPS) is 18.1. The number of amides is 1. The van der Waals surface area contributed by atoms with Gasteiger partial charge in [0.05, 0.1) is 0 Å². The molecule has 0 aromatic heterocycles. The van der Waals surface area contributed by atoms with E-state index in [0.29, 0.717) is 18.5 Å². The van der Waals surface area contributed by atoms with Gasteiger partial charge in [0, 0.05) is 18.5 Å². The van der Waals surface area contributed by atoms with Crippen LogP contribution in [0.25, 0.3) is 0 Å². The number of alkyl halides is 1. The van der Waals surface area contributed by atoms with Crippen molar-refractivity contribution in [1.29, 1.82) is 0 Å². The first kappa shape index (κ1) is 29.0. The molecule has 1 aliphatic carbocycles. The number of phosphoric ester groups is 1. The molecule has 0 saturated heterocycles. The molecule has 0 aliphatic heterocycles. The van der Waals surface area contributed by atoms with Crippen molar-refractivity contribution in [3.05, 3.63) is 41.5 Å². The summed E-state index contributed by atoms with van der Waals surface area (Å²) in [6.07, 6.45) is 10.3. The van der Waals surface area contributed by atoms with E-state index in [-0.39, 0.29) is 29.9 Å². The highest BCUT2D eigenvalue weighted by molar-refractivity contribution is 7.46. The van der Waals surface area contributed by atoms with Gasteiger partial charge in [-0.1, -0.05) is 43.0 Å². The Balaban J connectivity index is 1.61. The summed E-state index contributed by atoms with van der Waals surface area (Å²) in [6, 6.07) is 4.14. The number of hydrogen-bond donors (Lipinski definition) is 3. The van der Waals surface area contributed by atoms with E-state index in [1.165, 1.54) is 18.2 Å². The van der Waals surface area contributed by atoms with E-state index < -0.39 is 19.8 Å². The minimum Gasteiger partial charge on any atom is -0.446 e. The molecule has 196 valence electrons. The molecule has 3 N–H and O–H groups in total. The summed E-state index contributed by atoms with van der Waals surface area (Å²) in [5.41, 5.74) is 0.472. The molecule has 0 bridgehead atoms. The van der Waals surface area contributed by atoms with Crippen LogP contribution in [0.1, 0.15) is 87.9 Å². The van der Waals surface area contributed by atoms with Crippen molar-refractivity contribution < 1.29 is 37.6 Å². The van der Waals surface area contributed by atoms with Crippen molar-refractivity contribution in [2.24, 2.45) is 0 Å². The van der Waals surface area contributed by atoms with Crippen LogP contribution in [-0.4, -0.2) is 34.3 Å². The van der Waals surface area contributed by atoms with Gasteiger partial charge in [0.15, 0.2) is 12.0 Å². The van der Waals surface area contributed by atoms with Crippen LogP contribution in [-0.2, 0) is 14.1 Å². The Morgan fingerprint density at radius 2 is 1.83 bits per heavy atom. The molecule has 1 aromatic carbocycles. The van der Waals surface area contributed by atoms with E-state index in [1.54, 1.807) is 6.92 Å². The van der Waals surface area contributed by atoms with Gasteiger partial charge in [-0.25, -0.2) is 13.8 Å². The zero-order valence-corrected chi connectivity index (χ0v) is 21.2. The van der Waals surface area contributed by atoms with E-state index >= 15 is 0 Å². The standard InChI is InChI=1S/C25H37FNO7P/c1-19-15-16-23(34-35(30,31)32)21(18-19)24(26)22(28)14-10-6-3-7-11-17-27-25(29)33-20-12-8-4-2-5-9-13-20/h2,4,15-16,18,20,24H,3,5-14,17H2,1H3,(H,27,29)(H2,30,31,32)/b4-2+. The summed E-state index contributed by atoms with van der Waals surface area (Å²) in [7, 11) is -4.87. The molecule has 35 heavy (non-hydrogen) atoms. The topological polar surface area (TPSA) is 122 Å². The van der Waals surface area contributed by atoms with Gasteiger partial charge in [-0.2, -0.15) is 0 Å². The lowest BCUT2D eigenvalue weighted by atomic mass is 9.99. The average molecular weight is 514 g/mol. The number of alkyl carbamates (subject to hydrolysis) is 1. The maximum absolute atomic E-state index is 14.8. The van der Waals surface area contributed by atoms with Gasteiger partial charge in [-0.05, 0) is 64.0 Å². The highest BCUT2D eigenvalue weighted by Crippen LogP contribution is 2.42. The molecular formula is C25H37FNO7P. The third kappa shape index (κ3) is 11.8. The van der Waals surface area contributed by atoms with Crippen molar-refractivity contribution in [2.45, 2.75) is 89.8 Å². The molecule has 10 heteroatoms. The minimum atomic E-state index is -4.87. The first-order valence-corrected chi connectivity index (χ1v) is 13.8. The summed E-state index contributed by atoms with van der Waals surface area (Å²) in [5.74, 6) is -0.984. The minimum absolute atomic E-state index is 0.0195. The van der Waals surface area contributed by atoms with Crippen LogP contribution in [0.3, 0.4) is 0 Å². The number of carbonyl (C=O) groups excluding carboxylic acids is 2. The molecule has 8 nitrogen and oxygen atoms in total. The quantitative estimate of drug-likeness (QED) is 0.168. The largest absolute Gasteiger partial charge is 0.524 e. The number of phosphoric acid groups is 1. The molecule has 0 radical (unpaired) electrons. The third-order valence-corrected chi connectivity index (χ3v) is 6.23. The molecule has 0 saturated carbocycles. The van der Waals surface area contributed by atoms with E-state index in [9.17, 15) is 18.5 Å². The fraction of sp³-hybridized carbons (Fsp3) is 0.600. The smallest absolute Gasteiger partial charge is 0.446 e. The zero-order valence-electron chi connectivity index (χ0n) is 20.3. The van der Waals surface area contributed by atoms with Crippen molar-refractivity contribution in [1.82, 2.24) is 5.32 Å². The molecule has 0 heterocycles. The first-order valence-electron chi connectivity index (χ1n) is 12.3.